The van der Waals surface area contributed by atoms with Crippen molar-refractivity contribution in [1.29, 1.82) is 0 Å². The van der Waals surface area contributed by atoms with Gasteiger partial charge in [-0.3, -0.25) is 0 Å². The summed E-state index contributed by atoms with van der Waals surface area (Å²) in [4.78, 5) is 4.06. The van der Waals surface area contributed by atoms with Crippen LogP contribution in [0.3, 0.4) is 0 Å². The highest BCUT2D eigenvalue weighted by atomic mass is 79.9. The number of aliphatic hydroxyl groups is 1. The van der Waals surface area contributed by atoms with Gasteiger partial charge in [0.2, 0.25) is 0 Å². The summed E-state index contributed by atoms with van der Waals surface area (Å²) in [6.07, 6.45) is 4.28. The van der Waals surface area contributed by atoms with E-state index in [1.807, 2.05) is 12.1 Å². The van der Waals surface area contributed by atoms with Gasteiger partial charge in [-0.1, -0.05) is 25.8 Å². The fourth-order valence-corrected chi connectivity index (χ4v) is 1.71. The second kappa shape index (κ2) is 5.35. The van der Waals surface area contributed by atoms with E-state index < -0.39 is 0 Å². The van der Waals surface area contributed by atoms with Gasteiger partial charge in [0.15, 0.2) is 0 Å². The Bertz CT molecular complexity index is 265. The summed E-state index contributed by atoms with van der Waals surface area (Å²) in [6.45, 7) is 2.12. The average Bonchev–Trinajstić information content (AvgIpc) is 2.15. The SMILES string of the molecule is CCCCC(O)c1cccnc1Br. The molecular formula is C10H14BrNO. The third-order valence-corrected chi connectivity index (χ3v) is 2.64. The maximum absolute atomic E-state index is 9.76. The Kier molecular flexibility index (Phi) is 4.39. The zero-order chi connectivity index (χ0) is 9.68. The molecule has 1 aromatic rings. The molecule has 1 aromatic heterocycles. The van der Waals surface area contributed by atoms with Crippen LogP contribution in [0.1, 0.15) is 37.9 Å². The van der Waals surface area contributed by atoms with E-state index in [4.69, 9.17) is 0 Å². The molecule has 0 fully saturated rings. The van der Waals surface area contributed by atoms with Crippen molar-refractivity contribution in [3.63, 3.8) is 0 Å². The highest BCUT2D eigenvalue weighted by Crippen LogP contribution is 2.24. The molecule has 0 aromatic carbocycles. The van der Waals surface area contributed by atoms with Gasteiger partial charge in [-0.15, -0.1) is 0 Å². The normalized spacial score (nSPS) is 12.8. The molecule has 2 nitrogen and oxygen atoms in total. The van der Waals surface area contributed by atoms with E-state index in [0.29, 0.717) is 0 Å². The van der Waals surface area contributed by atoms with Gasteiger partial charge in [0.05, 0.1) is 6.10 Å². The lowest BCUT2D eigenvalue weighted by molar-refractivity contribution is 0.163. The number of hydrogen-bond acceptors (Lipinski definition) is 2. The number of halogens is 1. The molecule has 1 N–H and O–H groups in total. The average molecular weight is 244 g/mol. The first-order valence-electron chi connectivity index (χ1n) is 4.54. The van der Waals surface area contributed by atoms with Crippen molar-refractivity contribution < 1.29 is 5.11 Å². The minimum atomic E-state index is -0.386. The molecule has 0 bridgehead atoms. The molecule has 1 heterocycles. The number of unbranched alkanes of at least 4 members (excludes halogenated alkanes) is 1. The Morgan fingerprint density at radius 1 is 1.62 bits per heavy atom. The molecule has 1 rings (SSSR count). The van der Waals surface area contributed by atoms with Crippen LogP contribution in [0.5, 0.6) is 0 Å². The third-order valence-electron chi connectivity index (χ3n) is 1.98. The van der Waals surface area contributed by atoms with Gasteiger partial charge >= 0.3 is 0 Å². The number of aliphatic hydroxyl groups excluding tert-OH is 1. The fraction of sp³-hybridized carbons (Fsp3) is 0.500. The largest absolute Gasteiger partial charge is 0.388 e. The Hall–Kier alpha value is -0.410. The summed E-state index contributed by atoms with van der Waals surface area (Å²) in [7, 11) is 0. The number of rotatable bonds is 4. The summed E-state index contributed by atoms with van der Waals surface area (Å²) < 4.78 is 0.749. The standard InChI is InChI=1S/C10H14BrNO/c1-2-3-6-9(13)8-5-4-7-12-10(8)11/h4-5,7,9,13H,2-3,6H2,1H3. The van der Waals surface area contributed by atoms with Crippen LogP contribution in [0.4, 0.5) is 0 Å². The summed E-state index contributed by atoms with van der Waals surface area (Å²) in [6, 6.07) is 3.74. The van der Waals surface area contributed by atoms with Crippen LogP contribution in [0.25, 0.3) is 0 Å². The van der Waals surface area contributed by atoms with Gasteiger partial charge in [0.25, 0.3) is 0 Å². The van der Waals surface area contributed by atoms with Gasteiger partial charge in [-0.05, 0) is 28.4 Å². The number of aromatic nitrogens is 1. The molecule has 0 radical (unpaired) electrons. The van der Waals surface area contributed by atoms with Crippen LogP contribution in [-0.2, 0) is 0 Å². The van der Waals surface area contributed by atoms with Crippen molar-refractivity contribution in [2.24, 2.45) is 0 Å². The molecule has 1 atom stereocenters. The first-order chi connectivity index (χ1) is 6.25. The maximum atomic E-state index is 9.76. The maximum Gasteiger partial charge on any atom is 0.111 e. The lowest BCUT2D eigenvalue weighted by Crippen LogP contribution is -1.99. The molecule has 0 amide bonds. The van der Waals surface area contributed by atoms with Crippen molar-refractivity contribution in [2.75, 3.05) is 0 Å². The van der Waals surface area contributed by atoms with E-state index in [1.54, 1.807) is 6.20 Å². The first kappa shape index (κ1) is 10.7. The Balaban J connectivity index is 2.65. The van der Waals surface area contributed by atoms with Crippen molar-refractivity contribution >= 4 is 15.9 Å². The Labute approximate surface area is 87.1 Å². The van der Waals surface area contributed by atoms with E-state index in [9.17, 15) is 5.11 Å². The van der Waals surface area contributed by atoms with E-state index >= 15 is 0 Å². The first-order valence-corrected chi connectivity index (χ1v) is 5.33. The third kappa shape index (κ3) is 3.08. The Morgan fingerprint density at radius 3 is 3.00 bits per heavy atom. The molecule has 13 heavy (non-hydrogen) atoms. The zero-order valence-electron chi connectivity index (χ0n) is 7.70. The highest BCUT2D eigenvalue weighted by Gasteiger charge is 2.10. The van der Waals surface area contributed by atoms with E-state index in [2.05, 4.69) is 27.8 Å². The lowest BCUT2D eigenvalue weighted by atomic mass is 10.1. The van der Waals surface area contributed by atoms with E-state index in [-0.39, 0.29) is 6.10 Å². The number of pyridine rings is 1. The molecular weight excluding hydrogens is 230 g/mol. The van der Waals surface area contributed by atoms with Gasteiger partial charge in [-0.2, -0.15) is 0 Å². The van der Waals surface area contributed by atoms with E-state index in [0.717, 1.165) is 29.4 Å². The summed E-state index contributed by atoms with van der Waals surface area (Å²) in [5.74, 6) is 0. The van der Waals surface area contributed by atoms with E-state index in [1.165, 1.54) is 0 Å². The van der Waals surface area contributed by atoms with Crippen LogP contribution in [0.15, 0.2) is 22.9 Å². The molecule has 0 saturated carbocycles. The monoisotopic (exact) mass is 243 g/mol. The van der Waals surface area contributed by atoms with Crippen molar-refractivity contribution in [3.8, 4) is 0 Å². The molecule has 0 aliphatic rings. The van der Waals surface area contributed by atoms with Crippen molar-refractivity contribution in [2.45, 2.75) is 32.3 Å². The zero-order valence-corrected chi connectivity index (χ0v) is 9.29. The lowest BCUT2D eigenvalue weighted by Gasteiger charge is -2.10. The number of nitrogens with zero attached hydrogens (tertiary/aromatic N) is 1. The van der Waals surface area contributed by atoms with Crippen LogP contribution < -0.4 is 0 Å². The van der Waals surface area contributed by atoms with Gasteiger partial charge in [0, 0.05) is 11.8 Å². The quantitative estimate of drug-likeness (QED) is 0.825. The minimum absolute atomic E-state index is 0.386. The molecule has 3 heteroatoms. The molecule has 0 spiro atoms. The summed E-state index contributed by atoms with van der Waals surface area (Å²) >= 11 is 3.32. The number of hydrogen-bond donors (Lipinski definition) is 1. The smallest absolute Gasteiger partial charge is 0.111 e. The second-order valence-electron chi connectivity index (χ2n) is 3.04. The van der Waals surface area contributed by atoms with Crippen molar-refractivity contribution in [3.05, 3.63) is 28.5 Å². The highest BCUT2D eigenvalue weighted by molar-refractivity contribution is 9.10. The summed E-state index contributed by atoms with van der Waals surface area (Å²) in [5.41, 5.74) is 0.885. The van der Waals surface area contributed by atoms with Crippen molar-refractivity contribution in [1.82, 2.24) is 4.98 Å². The predicted octanol–water partition coefficient (Wildman–Crippen LogP) is 3.07. The van der Waals surface area contributed by atoms with Gasteiger partial charge in [0.1, 0.15) is 4.60 Å². The fourth-order valence-electron chi connectivity index (χ4n) is 1.20. The van der Waals surface area contributed by atoms with Gasteiger partial charge in [-0.25, -0.2) is 4.98 Å². The van der Waals surface area contributed by atoms with Crippen LogP contribution in [0, 0.1) is 0 Å². The topological polar surface area (TPSA) is 33.1 Å². The molecule has 0 aliphatic carbocycles. The van der Waals surface area contributed by atoms with Gasteiger partial charge < -0.3 is 5.11 Å². The summed E-state index contributed by atoms with van der Waals surface area (Å²) in [5, 5.41) is 9.76. The Morgan fingerprint density at radius 2 is 2.38 bits per heavy atom. The molecule has 0 aliphatic heterocycles. The van der Waals surface area contributed by atoms with Crippen LogP contribution in [-0.4, -0.2) is 10.1 Å². The van der Waals surface area contributed by atoms with Crippen LogP contribution in [0.2, 0.25) is 0 Å². The molecule has 1 unspecified atom stereocenters. The molecule has 0 saturated heterocycles. The van der Waals surface area contributed by atoms with Crippen LogP contribution >= 0.6 is 15.9 Å². The second-order valence-corrected chi connectivity index (χ2v) is 3.79. The molecule has 72 valence electrons. The predicted molar refractivity (Wildman–Crippen MR) is 56.4 cm³/mol. The minimum Gasteiger partial charge on any atom is -0.388 e.